The quantitative estimate of drug-likeness (QED) is 0.0374. The van der Waals surface area contributed by atoms with Gasteiger partial charge >= 0.3 is 11.9 Å². The lowest BCUT2D eigenvalue weighted by molar-refractivity contribution is -0.161. The molecule has 0 aromatic heterocycles. The van der Waals surface area contributed by atoms with E-state index in [0.717, 1.165) is 44.9 Å². The third kappa shape index (κ3) is 57.0. The Morgan fingerprint density at radius 1 is 0.324 bits per heavy atom. The van der Waals surface area contributed by atoms with Gasteiger partial charge in [0.25, 0.3) is 0 Å². The smallest absolute Gasteiger partial charge is 0.306 e. The van der Waals surface area contributed by atoms with Crippen molar-refractivity contribution in [3.63, 3.8) is 0 Å². The van der Waals surface area contributed by atoms with Gasteiger partial charge < -0.3 is 14.6 Å². The van der Waals surface area contributed by atoms with Crippen LogP contribution in [-0.4, -0.2) is 36.4 Å². The summed E-state index contributed by atoms with van der Waals surface area (Å²) in [6.45, 7) is 4.17. The summed E-state index contributed by atoms with van der Waals surface area (Å²) < 4.78 is 10.7. The molecular formula is C63H120O5. The van der Waals surface area contributed by atoms with Crippen molar-refractivity contribution in [1.82, 2.24) is 0 Å². The maximum atomic E-state index is 12.3. The molecule has 0 amide bonds. The molecule has 68 heavy (non-hydrogen) atoms. The molecule has 0 saturated carbocycles. The SMILES string of the molecule is CCCCCCCC/C=C\CCCCCCCC(=O)OCC(CO)OC(=O)CCCCCCCCCCCCCCCCCCCCCCCCCCCCC/C=C\CCCCCCCCCC. The minimum absolute atomic E-state index is 0.0644. The van der Waals surface area contributed by atoms with Crippen LogP contribution in [0.4, 0.5) is 0 Å². The van der Waals surface area contributed by atoms with Gasteiger partial charge in [-0.2, -0.15) is 0 Å². The predicted octanol–water partition coefficient (Wildman–Crippen LogP) is 20.9. The Morgan fingerprint density at radius 2 is 0.544 bits per heavy atom. The van der Waals surface area contributed by atoms with Crippen molar-refractivity contribution in [2.75, 3.05) is 13.2 Å². The molecule has 0 fully saturated rings. The van der Waals surface area contributed by atoms with Crippen molar-refractivity contribution in [3.8, 4) is 0 Å². The fourth-order valence-corrected chi connectivity index (χ4v) is 9.55. The number of hydrogen-bond acceptors (Lipinski definition) is 5. The average molecular weight is 958 g/mol. The Bertz CT molecular complexity index is 1040. The number of aliphatic hydroxyl groups excluding tert-OH is 1. The summed E-state index contributed by atoms with van der Waals surface area (Å²) in [6.07, 6.45) is 76.3. The van der Waals surface area contributed by atoms with E-state index < -0.39 is 6.10 Å². The largest absolute Gasteiger partial charge is 0.462 e. The van der Waals surface area contributed by atoms with Crippen LogP contribution >= 0.6 is 0 Å². The predicted molar refractivity (Wildman–Crippen MR) is 298 cm³/mol. The van der Waals surface area contributed by atoms with Crippen LogP contribution in [0, 0.1) is 0 Å². The third-order valence-electron chi connectivity index (χ3n) is 14.2. The van der Waals surface area contributed by atoms with E-state index in [4.69, 9.17) is 9.47 Å². The second-order valence-corrected chi connectivity index (χ2v) is 21.1. The Morgan fingerprint density at radius 3 is 0.794 bits per heavy atom. The highest BCUT2D eigenvalue weighted by molar-refractivity contribution is 5.70. The van der Waals surface area contributed by atoms with E-state index >= 15 is 0 Å². The molecule has 1 atom stereocenters. The Hall–Kier alpha value is -1.62. The fraction of sp³-hybridized carbons (Fsp3) is 0.905. The van der Waals surface area contributed by atoms with Crippen molar-refractivity contribution < 1.29 is 24.2 Å². The zero-order valence-electron chi connectivity index (χ0n) is 46.2. The van der Waals surface area contributed by atoms with Gasteiger partial charge in [-0.05, 0) is 64.2 Å². The van der Waals surface area contributed by atoms with Crippen LogP contribution in [0.15, 0.2) is 24.3 Å². The van der Waals surface area contributed by atoms with Crippen LogP contribution in [0.5, 0.6) is 0 Å². The van der Waals surface area contributed by atoms with Gasteiger partial charge in [0.15, 0.2) is 6.10 Å². The van der Waals surface area contributed by atoms with Gasteiger partial charge in [0.05, 0.1) is 6.61 Å². The number of esters is 2. The second-order valence-electron chi connectivity index (χ2n) is 21.1. The van der Waals surface area contributed by atoms with Crippen LogP contribution in [0.1, 0.15) is 348 Å². The fourth-order valence-electron chi connectivity index (χ4n) is 9.55. The normalized spacial score (nSPS) is 12.2. The Balaban J connectivity index is 3.35. The van der Waals surface area contributed by atoms with Crippen LogP contribution in [0.2, 0.25) is 0 Å². The average Bonchev–Trinajstić information content (AvgIpc) is 3.34. The molecule has 402 valence electrons. The Kier molecular flexibility index (Phi) is 58.3. The molecule has 0 saturated heterocycles. The highest BCUT2D eigenvalue weighted by Gasteiger charge is 2.16. The van der Waals surface area contributed by atoms with E-state index in [0.29, 0.717) is 12.8 Å². The molecule has 0 aliphatic heterocycles. The highest BCUT2D eigenvalue weighted by atomic mass is 16.6. The number of rotatable bonds is 58. The molecule has 0 heterocycles. The molecule has 0 aliphatic carbocycles. The lowest BCUT2D eigenvalue weighted by Gasteiger charge is -2.15. The number of carbonyl (C=O) groups is 2. The van der Waals surface area contributed by atoms with Crippen molar-refractivity contribution in [2.45, 2.75) is 354 Å². The number of carbonyl (C=O) groups excluding carboxylic acids is 2. The molecule has 1 N–H and O–H groups in total. The summed E-state index contributed by atoms with van der Waals surface area (Å²) in [5.41, 5.74) is 0. The van der Waals surface area contributed by atoms with Gasteiger partial charge in [0, 0.05) is 12.8 Å². The number of aliphatic hydroxyl groups is 1. The lowest BCUT2D eigenvalue weighted by Crippen LogP contribution is -2.28. The maximum absolute atomic E-state index is 12.3. The van der Waals surface area contributed by atoms with Crippen LogP contribution < -0.4 is 0 Å². The highest BCUT2D eigenvalue weighted by Crippen LogP contribution is 2.18. The molecule has 5 nitrogen and oxygen atoms in total. The van der Waals surface area contributed by atoms with Crippen molar-refractivity contribution >= 4 is 11.9 Å². The molecule has 0 aromatic rings. The summed E-state index contributed by atoms with van der Waals surface area (Å²) in [5, 5.41) is 9.64. The van der Waals surface area contributed by atoms with Crippen molar-refractivity contribution in [1.29, 1.82) is 0 Å². The van der Waals surface area contributed by atoms with Crippen LogP contribution in [0.3, 0.4) is 0 Å². The monoisotopic (exact) mass is 957 g/mol. The molecule has 0 bridgehead atoms. The van der Waals surface area contributed by atoms with E-state index in [1.807, 2.05) is 0 Å². The summed E-state index contributed by atoms with van der Waals surface area (Å²) in [5.74, 6) is -0.582. The van der Waals surface area contributed by atoms with E-state index in [2.05, 4.69) is 38.2 Å². The number of ether oxygens (including phenoxy) is 2. The first-order valence-corrected chi connectivity index (χ1v) is 30.9. The Labute approximate surface area is 425 Å². The minimum Gasteiger partial charge on any atom is -0.462 e. The van der Waals surface area contributed by atoms with Crippen molar-refractivity contribution in [2.24, 2.45) is 0 Å². The van der Waals surface area contributed by atoms with Crippen LogP contribution in [0.25, 0.3) is 0 Å². The summed E-state index contributed by atoms with van der Waals surface area (Å²) in [7, 11) is 0. The first-order chi connectivity index (χ1) is 33.6. The van der Waals surface area contributed by atoms with Gasteiger partial charge in [-0.15, -0.1) is 0 Å². The molecule has 1 unspecified atom stereocenters. The number of allylic oxidation sites excluding steroid dienone is 4. The standard InChI is InChI=1S/C63H120O5/c1-3-5-7-9-11-13-15-17-19-20-21-22-23-24-25-26-27-28-29-30-31-32-33-34-35-36-37-38-39-40-41-42-44-46-48-50-52-54-56-58-63(66)68-61(59-64)60-67-62(65)57-55-53-51-49-47-45-43-18-16-14-12-10-8-6-4-2/h18,20-21,43,61,64H,3-17,19,22-42,44-60H2,1-2H3/b21-20-,43-18-. The lowest BCUT2D eigenvalue weighted by atomic mass is 10.0. The van der Waals surface area contributed by atoms with Gasteiger partial charge in [-0.25, -0.2) is 0 Å². The summed E-state index contributed by atoms with van der Waals surface area (Å²) in [6, 6.07) is 0. The molecule has 0 aliphatic rings. The van der Waals surface area contributed by atoms with Gasteiger partial charge in [-0.3, -0.25) is 9.59 Å². The van der Waals surface area contributed by atoms with Crippen molar-refractivity contribution in [3.05, 3.63) is 24.3 Å². The molecule has 0 aromatic carbocycles. The third-order valence-corrected chi connectivity index (χ3v) is 14.2. The first kappa shape index (κ1) is 66.4. The van der Waals surface area contributed by atoms with Gasteiger partial charge in [-0.1, -0.05) is 295 Å². The molecular weight excluding hydrogens is 837 g/mol. The minimum atomic E-state index is -0.771. The van der Waals surface area contributed by atoms with E-state index in [-0.39, 0.29) is 25.2 Å². The van der Waals surface area contributed by atoms with E-state index in [9.17, 15) is 14.7 Å². The first-order valence-electron chi connectivity index (χ1n) is 30.9. The zero-order valence-corrected chi connectivity index (χ0v) is 46.2. The second kappa shape index (κ2) is 59.7. The molecule has 0 spiro atoms. The molecule has 0 rings (SSSR count). The van der Waals surface area contributed by atoms with E-state index in [1.54, 1.807) is 0 Å². The molecule has 0 radical (unpaired) electrons. The van der Waals surface area contributed by atoms with Gasteiger partial charge in [0.1, 0.15) is 6.61 Å². The topological polar surface area (TPSA) is 72.8 Å². The number of hydrogen-bond donors (Lipinski definition) is 1. The molecule has 5 heteroatoms. The van der Waals surface area contributed by atoms with Gasteiger partial charge in [0.2, 0.25) is 0 Å². The summed E-state index contributed by atoms with van der Waals surface area (Å²) in [4.78, 5) is 24.5. The van der Waals surface area contributed by atoms with Crippen LogP contribution in [-0.2, 0) is 19.1 Å². The van der Waals surface area contributed by atoms with E-state index in [1.165, 1.54) is 276 Å². The number of unbranched alkanes of at least 4 members (excludes halogenated alkanes) is 46. The summed E-state index contributed by atoms with van der Waals surface area (Å²) >= 11 is 0. The maximum Gasteiger partial charge on any atom is 0.306 e. The zero-order chi connectivity index (χ0) is 49.2.